The van der Waals surface area contributed by atoms with Crippen molar-refractivity contribution >= 4 is 16.8 Å². The van der Waals surface area contributed by atoms with E-state index in [-0.39, 0.29) is 11.4 Å². The Hall–Kier alpha value is -1.77. The molecule has 1 aromatic carbocycles. The van der Waals surface area contributed by atoms with Gasteiger partial charge in [0.2, 0.25) is 5.91 Å². The molecule has 0 spiro atoms. The summed E-state index contributed by atoms with van der Waals surface area (Å²) in [6, 6.07) is 8.20. The lowest BCUT2D eigenvalue weighted by molar-refractivity contribution is -0.122. The van der Waals surface area contributed by atoms with Crippen molar-refractivity contribution in [3.63, 3.8) is 0 Å². The van der Waals surface area contributed by atoms with E-state index in [0.717, 1.165) is 24.8 Å². The minimum absolute atomic E-state index is 0.105. The Morgan fingerprint density at radius 3 is 2.80 bits per heavy atom. The minimum atomic E-state index is -0.105. The van der Waals surface area contributed by atoms with Crippen LogP contribution in [0.4, 0.5) is 0 Å². The Bertz CT molecular complexity index is 583. The van der Waals surface area contributed by atoms with Crippen molar-refractivity contribution in [3.8, 4) is 0 Å². The van der Waals surface area contributed by atoms with Gasteiger partial charge in [-0.3, -0.25) is 4.79 Å². The molecule has 0 aliphatic rings. The molecule has 2 rings (SSSR count). The van der Waals surface area contributed by atoms with Gasteiger partial charge in [-0.05, 0) is 38.3 Å². The smallest absolute Gasteiger partial charge is 0.220 e. The Labute approximate surface area is 120 Å². The van der Waals surface area contributed by atoms with Crippen LogP contribution in [0.5, 0.6) is 0 Å². The molecule has 2 aromatic rings. The molecule has 2 N–H and O–H groups in total. The van der Waals surface area contributed by atoms with E-state index in [1.807, 2.05) is 18.3 Å². The molecule has 1 amide bonds. The number of para-hydroxylation sites is 1. The summed E-state index contributed by atoms with van der Waals surface area (Å²) in [5.41, 5.74) is 2.24. The highest BCUT2D eigenvalue weighted by Gasteiger charge is 2.19. The molecule has 1 aromatic heterocycles. The molecule has 0 aliphatic heterocycles. The summed E-state index contributed by atoms with van der Waals surface area (Å²) in [4.78, 5) is 15.3. The SMILES string of the molecule is CCCC(C)(C)NC(=O)CCc1c[nH]c2ccccc12. The van der Waals surface area contributed by atoms with Crippen molar-refractivity contribution in [3.05, 3.63) is 36.0 Å². The molecule has 108 valence electrons. The molecule has 20 heavy (non-hydrogen) atoms. The largest absolute Gasteiger partial charge is 0.361 e. The molecule has 3 nitrogen and oxygen atoms in total. The van der Waals surface area contributed by atoms with Crippen molar-refractivity contribution in [2.24, 2.45) is 0 Å². The number of carbonyl (C=O) groups excluding carboxylic acids is 1. The molecular weight excluding hydrogens is 248 g/mol. The number of benzene rings is 1. The molecule has 0 saturated carbocycles. The molecule has 0 saturated heterocycles. The van der Waals surface area contributed by atoms with Crippen LogP contribution >= 0.6 is 0 Å². The summed E-state index contributed by atoms with van der Waals surface area (Å²) in [7, 11) is 0. The summed E-state index contributed by atoms with van der Waals surface area (Å²) < 4.78 is 0. The first-order valence-corrected chi connectivity index (χ1v) is 7.38. The molecule has 1 heterocycles. The van der Waals surface area contributed by atoms with Crippen LogP contribution in [0.3, 0.4) is 0 Å². The second kappa shape index (κ2) is 6.12. The highest BCUT2D eigenvalue weighted by molar-refractivity contribution is 5.84. The second-order valence-corrected chi connectivity index (χ2v) is 6.04. The van der Waals surface area contributed by atoms with Crippen molar-refractivity contribution in [1.29, 1.82) is 0 Å². The topological polar surface area (TPSA) is 44.9 Å². The van der Waals surface area contributed by atoms with Gasteiger partial charge in [0.05, 0.1) is 0 Å². The number of aromatic amines is 1. The third kappa shape index (κ3) is 3.62. The maximum atomic E-state index is 12.0. The molecule has 0 radical (unpaired) electrons. The van der Waals surface area contributed by atoms with Gasteiger partial charge in [0, 0.05) is 29.1 Å². The highest BCUT2D eigenvalue weighted by atomic mass is 16.1. The summed E-state index contributed by atoms with van der Waals surface area (Å²) >= 11 is 0. The number of nitrogens with one attached hydrogen (secondary N) is 2. The van der Waals surface area contributed by atoms with Gasteiger partial charge in [0.25, 0.3) is 0 Å². The van der Waals surface area contributed by atoms with Crippen molar-refractivity contribution < 1.29 is 4.79 Å². The number of fused-ring (bicyclic) bond motifs is 1. The van der Waals surface area contributed by atoms with E-state index in [1.165, 1.54) is 10.9 Å². The number of rotatable bonds is 6. The van der Waals surface area contributed by atoms with Crippen LogP contribution in [-0.4, -0.2) is 16.4 Å². The lowest BCUT2D eigenvalue weighted by Crippen LogP contribution is -2.43. The molecule has 0 atom stereocenters. The number of hydrogen-bond donors (Lipinski definition) is 2. The molecule has 3 heteroatoms. The van der Waals surface area contributed by atoms with Gasteiger partial charge in [-0.15, -0.1) is 0 Å². The first-order valence-electron chi connectivity index (χ1n) is 7.38. The van der Waals surface area contributed by atoms with E-state index in [1.54, 1.807) is 0 Å². The number of H-pyrrole nitrogens is 1. The van der Waals surface area contributed by atoms with Crippen LogP contribution in [0.1, 0.15) is 45.6 Å². The Balaban J connectivity index is 1.94. The summed E-state index contributed by atoms with van der Waals surface area (Å²) in [5, 5.41) is 4.33. The number of carbonyl (C=O) groups is 1. The molecular formula is C17H24N2O. The van der Waals surface area contributed by atoms with Crippen LogP contribution in [0.15, 0.2) is 30.5 Å². The zero-order valence-electron chi connectivity index (χ0n) is 12.6. The zero-order chi connectivity index (χ0) is 14.6. The van der Waals surface area contributed by atoms with Crippen LogP contribution < -0.4 is 5.32 Å². The van der Waals surface area contributed by atoms with Gasteiger partial charge in [0.1, 0.15) is 0 Å². The van der Waals surface area contributed by atoms with Crippen molar-refractivity contribution in [2.45, 2.75) is 52.0 Å². The van der Waals surface area contributed by atoms with Crippen molar-refractivity contribution in [1.82, 2.24) is 10.3 Å². The van der Waals surface area contributed by atoms with Crippen LogP contribution in [0.25, 0.3) is 10.9 Å². The van der Waals surface area contributed by atoms with Crippen LogP contribution in [0, 0.1) is 0 Å². The van der Waals surface area contributed by atoms with E-state index in [2.05, 4.69) is 43.2 Å². The Morgan fingerprint density at radius 2 is 2.05 bits per heavy atom. The van der Waals surface area contributed by atoms with Gasteiger partial charge in [-0.25, -0.2) is 0 Å². The van der Waals surface area contributed by atoms with Crippen LogP contribution in [-0.2, 0) is 11.2 Å². The summed E-state index contributed by atoms with van der Waals surface area (Å²) in [6.45, 7) is 6.31. The maximum Gasteiger partial charge on any atom is 0.220 e. The van der Waals surface area contributed by atoms with Gasteiger partial charge < -0.3 is 10.3 Å². The number of aryl methyl sites for hydroxylation is 1. The van der Waals surface area contributed by atoms with Crippen LogP contribution in [0.2, 0.25) is 0 Å². The minimum Gasteiger partial charge on any atom is -0.361 e. The lowest BCUT2D eigenvalue weighted by atomic mass is 9.98. The summed E-state index contributed by atoms with van der Waals surface area (Å²) in [6.07, 6.45) is 5.41. The predicted octanol–water partition coefficient (Wildman–Crippen LogP) is 3.80. The van der Waals surface area contributed by atoms with Crippen molar-refractivity contribution in [2.75, 3.05) is 0 Å². The zero-order valence-corrected chi connectivity index (χ0v) is 12.6. The quantitative estimate of drug-likeness (QED) is 0.825. The lowest BCUT2D eigenvalue weighted by Gasteiger charge is -2.25. The Morgan fingerprint density at radius 1 is 1.30 bits per heavy atom. The monoisotopic (exact) mass is 272 g/mol. The van der Waals surface area contributed by atoms with E-state index >= 15 is 0 Å². The average molecular weight is 272 g/mol. The maximum absolute atomic E-state index is 12.0. The number of hydrogen-bond acceptors (Lipinski definition) is 1. The Kier molecular flexibility index (Phi) is 4.48. The fraction of sp³-hybridized carbons (Fsp3) is 0.471. The first kappa shape index (κ1) is 14.6. The predicted molar refractivity (Wildman–Crippen MR) is 83.7 cm³/mol. The third-order valence-corrected chi connectivity index (χ3v) is 3.65. The van der Waals surface area contributed by atoms with E-state index < -0.39 is 0 Å². The number of amides is 1. The van der Waals surface area contributed by atoms with Gasteiger partial charge in [0.15, 0.2) is 0 Å². The number of aromatic nitrogens is 1. The molecule has 0 aliphatic carbocycles. The van der Waals surface area contributed by atoms with Gasteiger partial charge in [-0.2, -0.15) is 0 Å². The molecule has 0 fully saturated rings. The standard InChI is InChI=1S/C17H24N2O/c1-4-11-17(2,3)19-16(20)10-9-13-12-18-15-8-6-5-7-14(13)15/h5-8,12,18H,4,9-11H2,1-3H3,(H,19,20). The first-order chi connectivity index (χ1) is 9.52. The van der Waals surface area contributed by atoms with Gasteiger partial charge >= 0.3 is 0 Å². The second-order valence-electron chi connectivity index (χ2n) is 6.04. The van der Waals surface area contributed by atoms with E-state index in [4.69, 9.17) is 0 Å². The van der Waals surface area contributed by atoms with Gasteiger partial charge in [-0.1, -0.05) is 31.5 Å². The molecule has 0 bridgehead atoms. The fourth-order valence-electron chi connectivity index (χ4n) is 2.71. The van der Waals surface area contributed by atoms with E-state index in [9.17, 15) is 4.79 Å². The highest BCUT2D eigenvalue weighted by Crippen LogP contribution is 2.19. The summed E-state index contributed by atoms with van der Waals surface area (Å²) in [5.74, 6) is 0.133. The third-order valence-electron chi connectivity index (χ3n) is 3.65. The normalized spacial score (nSPS) is 11.8. The average Bonchev–Trinajstić information content (AvgIpc) is 2.79. The molecule has 0 unspecified atom stereocenters. The van der Waals surface area contributed by atoms with E-state index in [0.29, 0.717) is 6.42 Å². The fourth-order valence-corrected chi connectivity index (χ4v) is 2.71.